The molecular weight excluding hydrogens is 236 g/mol. The van der Waals surface area contributed by atoms with Gasteiger partial charge in [0.1, 0.15) is 0 Å². The van der Waals surface area contributed by atoms with Gasteiger partial charge in [-0.05, 0) is 37.3 Å². The number of carbonyl (C=O) groups is 1. The smallest absolute Gasteiger partial charge is 0.224 e. The zero-order chi connectivity index (χ0) is 14.3. The molecule has 0 spiro atoms. The highest BCUT2D eigenvalue weighted by Gasteiger charge is 2.24. The summed E-state index contributed by atoms with van der Waals surface area (Å²) in [6.45, 7) is 7.58. The number of hydrogen-bond donors (Lipinski definition) is 2. The molecular formula is C16H26N2O. The van der Waals surface area contributed by atoms with E-state index in [1.54, 1.807) is 0 Å². The van der Waals surface area contributed by atoms with Crippen molar-refractivity contribution < 1.29 is 4.79 Å². The maximum atomic E-state index is 11.9. The van der Waals surface area contributed by atoms with E-state index >= 15 is 0 Å². The van der Waals surface area contributed by atoms with Gasteiger partial charge in [-0.15, -0.1) is 0 Å². The van der Waals surface area contributed by atoms with E-state index < -0.39 is 0 Å². The highest BCUT2D eigenvalue weighted by molar-refractivity contribution is 5.78. The van der Waals surface area contributed by atoms with Crippen LogP contribution in [0.5, 0.6) is 0 Å². The molecule has 3 nitrogen and oxygen atoms in total. The van der Waals surface area contributed by atoms with Crippen LogP contribution in [0.3, 0.4) is 0 Å². The lowest BCUT2D eigenvalue weighted by molar-refractivity contribution is -0.121. The average molecular weight is 262 g/mol. The lowest BCUT2D eigenvalue weighted by Crippen LogP contribution is -2.42. The van der Waals surface area contributed by atoms with Crippen LogP contribution in [0.2, 0.25) is 0 Å². The molecule has 0 atom stereocenters. The average Bonchev–Trinajstić information content (AvgIpc) is 2.44. The third-order valence-corrected chi connectivity index (χ3v) is 4.08. The molecule has 1 rings (SSSR count). The Morgan fingerprint density at radius 2 is 1.79 bits per heavy atom. The van der Waals surface area contributed by atoms with Crippen LogP contribution in [0.25, 0.3) is 0 Å². The van der Waals surface area contributed by atoms with Gasteiger partial charge in [-0.3, -0.25) is 4.79 Å². The summed E-state index contributed by atoms with van der Waals surface area (Å²) in [6, 6.07) is 8.07. The molecule has 0 bridgehead atoms. The summed E-state index contributed by atoms with van der Waals surface area (Å²) in [5, 5.41) is 3.02. The number of amides is 1. The molecule has 3 N–H and O–H groups in total. The second-order valence-corrected chi connectivity index (χ2v) is 5.35. The first-order valence-corrected chi connectivity index (χ1v) is 7.07. The van der Waals surface area contributed by atoms with Gasteiger partial charge < -0.3 is 11.1 Å². The summed E-state index contributed by atoms with van der Waals surface area (Å²) in [7, 11) is 0. The second kappa shape index (κ2) is 7.29. The molecule has 1 aromatic rings. The van der Waals surface area contributed by atoms with Crippen molar-refractivity contribution in [2.24, 2.45) is 11.1 Å². The molecule has 3 heteroatoms. The summed E-state index contributed by atoms with van der Waals surface area (Å²) in [4.78, 5) is 11.9. The van der Waals surface area contributed by atoms with Crippen molar-refractivity contribution in [3.63, 3.8) is 0 Å². The Bertz CT molecular complexity index is 385. The van der Waals surface area contributed by atoms with Gasteiger partial charge in [-0.25, -0.2) is 0 Å². The van der Waals surface area contributed by atoms with Crippen LogP contribution in [0.1, 0.15) is 37.8 Å². The van der Waals surface area contributed by atoms with Crippen molar-refractivity contribution in [3.8, 4) is 0 Å². The van der Waals surface area contributed by atoms with E-state index in [0.717, 1.165) is 18.4 Å². The van der Waals surface area contributed by atoms with Gasteiger partial charge in [-0.2, -0.15) is 0 Å². The molecule has 1 amide bonds. The Balaban J connectivity index is 2.49. The molecule has 0 unspecified atom stereocenters. The van der Waals surface area contributed by atoms with E-state index in [2.05, 4.69) is 19.2 Å². The van der Waals surface area contributed by atoms with Crippen molar-refractivity contribution in [2.75, 3.05) is 13.1 Å². The molecule has 0 aromatic heterocycles. The molecule has 19 heavy (non-hydrogen) atoms. The van der Waals surface area contributed by atoms with Crippen LogP contribution in [-0.2, 0) is 11.2 Å². The standard InChI is InChI=1S/C16H26N2O/c1-4-16(5-2,11-17)12-18-15(19)10-14-8-6-13(3)7-9-14/h6-9H,4-5,10-12,17H2,1-3H3,(H,18,19). The van der Waals surface area contributed by atoms with Crippen molar-refractivity contribution >= 4 is 5.91 Å². The molecule has 106 valence electrons. The van der Waals surface area contributed by atoms with Crippen LogP contribution in [-0.4, -0.2) is 19.0 Å². The van der Waals surface area contributed by atoms with Gasteiger partial charge in [0.25, 0.3) is 0 Å². The van der Waals surface area contributed by atoms with Crippen molar-refractivity contribution in [1.29, 1.82) is 0 Å². The first-order valence-electron chi connectivity index (χ1n) is 7.07. The number of benzene rings is 1. The summed E-state index contributed by atoms with van der Waals surface area (Å²) in [5.41, 5.74) is 8.14. The molecule has 0 saturated carbocycles. The number of aryl methyl sites for hydroxylation is 1. The van der Waals surface area contributed by atoms with E-state index in [1.807, 2.05) is 31.2 Å². The second-order valence-electron chi connectivity index (χ2n) is 5.35. The Morgan fingerprint density at radius 3 is 2.26 bits per heavy atom. The first-order chi connectivity index (χ1) is 9.05. The van der Waals surface area contributed by atoms with Crippen molar-refractivity contribution in [2.45, 2.75) is 40.0 Å². The van der Waals surface area contributed by atoms with Crippen LogP contribution >= 0.6 is 0 Å². The van der Waals surface area contributed by atoms with Crippen molar-refractivity contribution in [3.05, 3.63) is 35.4 Å². The largest absolute Gasteiger partial charge is 0.355 e. The number of nitrogens with two attached hydrogens (primary N) is 1. The van der Waals surface area contributed by atoms with Crippen LogP contribution in [0.15, 0.2) is 24.3 Å². The summed E-state index contributed by atoms with van der Waals surface area (Å²) < 4.78 is 0. The fourth-order valence-electron chi connectivity index (χ4n) is 2.10. The highest BCUT2D eigenvalue weighted by atomic mass is 16.1. The highest BCUT2D eigenvalue weighted by Crippen LogP contribution is 2.23. The van der Waals surface area contributed by atoms with Gasteiger partial charge in [0.15, 0.2) is 0 Å². The minimum atomic E-state index is 0.0446. The van der Waals surface area contributed by atoms with E-state index in [9.17, 15) is 4.79 Å². The third-order valence-electron chi connectivity index (χ3n) is 4.08. The number of rotatable bonds is 7. The molecule has 0 fully saturated rings. The topological polar surface area (TPSA) is 55.1 Å². The molecule has 0 aliphatic carbocycles. The van der Waals surface area contributed by atoms with E-state index in [-0.39, 0.29) is 11.3 Å². The predicted octanol–water partition coefficient (Wildman–Crippen LogP) is 2.42. The predicted molar refractivity (Wildman–Crippen MR) is 80.0 cm³/mol. The molecule has 1 aromatic carbocycles. The van der Waals surface area contributed by atoms with E-state index in [4.69, 9.17) is 5.73 Å². The minimum absolute atomic E-state index is 0.0446. The normalized spacial score (nSPS) is 11.4. The maximum absolute atomic E-state index is 11.9. The summed E-state index contributed by atoms with van der Waals surface area (Å²) in [5.74, 6) is 0.0728. The quantitative estimate of drug-likeness (QED) is 0.793. The first kappa shape index (κ1) is 15.7. The zero-order valence-electron chi connectivity index (χ0n) is 12.3. The zero-order valence-corrected chi connectivity index (χ0v) is 12.3. The Morgan fingerprint density at radius 1 is 1.21 bits per heavy atom. The van der Waals surface area contributed by atoms with Crippen LogP contribution in [0.4, 0.5) is 0 Å². The number of carbonyl (C=O) groups excluding carboxylic acids is 1. The van der Waals surface area contributed by atoms with E-state index in [1.165, 1.54) is 5.56 Å². The SMILES string of the molecule is CCC(CC)(CN)CNC(=O)Cc1ccc(C)cc1. The van der Waals surface area contributed by atoms with E-state index in [0.29, 0.717) is 19.5 Å². The fourth-order valence-corrected chi connectivity index (χ4v) is 2.10. The van der Waals surface area contributed by atoms with Gasteiger partial charge in [0, 0.05) is 6.54 Å². The monoisotopic (exact) mass is 262 g/mol. The fraction of sp³-hybridized carbons (Fsp3) is 0.562. The van der Waals surface area contributed by atoms with Gasteiger partial charge in [0.2, 0.25) is 5.91 Å². The molecule has 0 aliphatic heterocycles. The minimum Gasteiger partial charge on any atom is -0.355 e. The number of nitrogens with one attached hydrogen (secondary N) is 1. The summed E-state index contributed by atoms with van der Waals surface area (Å²) >= 11 is 0. The molecule has 0 heterocycles. The lowest BCUT2D eigenvalue weighted by Gasteiger charge is -2.30. The third kappa shape index (κ3) is 4.67. The molecule has 0 saturated heterocycles. The maximum Gasteiger partial charge on any atom is 0.224 e. The Hall–Kier alpha value is -1.35. The molecule has 0 radical (unpaired) electrons. The van der Waals surface area contributed by atoms with Crippen LogP contribution in [0, 0.1) is 12.3 Å². The Labute approximate surface area is 116 Å². The van der Waals surface area contributed by atoms with Gasteiger partial charge in [-0.1, -0.05) is 43.7 Å². The van der Waals surface area contributed by atoms with Gasteiger partial charge >= 0.3 is 0 Å². The number of hydrogen-bond acceptors (Lipinski definition) is 2. The van der Waals surface area contributed by atoms with Crippen molar-refractivity contribution in [1.82, 2.24) is 5.32 Å². The van der Waals surface area contributed by atoms with Gasteiger partial charge in [0.05, 0.1) is 6.42 Å². The lowest BCUT2D eigenvalue weighted by atomic mass is 9.82. The molecule has 0 aliphatic rings. The van der Waals surface area contributed by atoms with Crippen LogP contribution < -0.4 is 11.1 Å². The summed E-state index contributed by atoms with van der Waals surface area (Å²) in [6.07, 6.45) is 2.42. The Kier molecular flexibility index (Phi) is 6.03.